The van der Waals surface area contributed by atoms with Gasteiger partial charge >= 0.3 is 0 Å². The highest BCUT2D eigenvalue weighted by Crippen LogP contribution is 2.48. The van der Waals surface area contributed by atoms with Gasteiger partial charge in [0.1, 0.15) is 5.75 Å². The molecule has 0 bridgehead atoms. The molecule has 0 saturated carbocycles. The third-order valence-electron chi connectivity index (χ3n) is 10.5. The van der Waals surface area contributed by atoms with E-state index >= 15 is 0 Å². The molecule has 0 aliphatic heterocycles. The van der Waals surface area contributed by atoms with Crippen LogP contribution >= 0.6 is 0 Å². The van der Waals surface area contributed by atoms with Crippen molar-refractivity contribution in [2.24, 2.45) is 0 Å². The van der Waals surface area contributed by atoms with Crippen LogP contribution in [-0.2, 0) is 5.41 Å². The Balaban J connectivity index is 1.18. The first-order valence-corrected chi connectivity index (χ1v) is 17.7. The average molecular weight is 671 g/mol. The van der Waals surface area contributed by atoms with E-state index in [1.807, 2.05) is 30.5 Å². The molecule has 0 aliphatic carbocycles. The molecule has 248 valence electrons. The quantitative estimate of drug-likeness (QED) is 0.202. The molecule has 0 saturated heterocycles. The summed E-state index contributed by atoms with van der Waals surface area (Å²) in [6, 6.07) is 46.4. The number of benzene rings is 6. The number of hydrogen-bond donors (Lipinski definition) is 1. The molecule has 5 nitrogen and oxygen atoms in total. The Kier molecular flexibility index (Phi) is 6.52. The van der Waals surface area contributed by atoms with Gasteiger partial charge in [0.2, 0.25) is 0 Å². The van der Waals surface area contributed by atoms with Gasteiger partial charge in [-0.3, -0.25) is 4.98 Å². The minimum absolute atomic E-state index is 0.126. The fourth-order valence-corrected chi connectivity index (χ4v) is 7.81. The van der Waals surface area contributed by atoms with Gasteiger partial charge in [0.15, 0.2) is 5.82 Å². The third kappa shape index (κ3) is 4.66. The number of hydrogen-bond acceptors (Lipinski definition) is 4. The number of para-hydroxylation sites is 1. The standard InChI is InChI=1S/C47H34N4O/c1-47(2,3)34-22-32(40-25-31(17-19-48-40)28-11-5-4-6-12-28)21-33(23-34)46-49-20-18-39(50-46)38-27-37-36-24-29-13-7-8-14-30(29)26-42(36)51-41-16-10-9-15-35(41)43(44(37)51)45(38)52/h4-27,52H,1-3H3. The first-order chi connectivity index (χ1) is 25.3. The van der Waals surface area contributed by atoms with Gasteiger partial charge in [-0.2, -0.15) is 0 Å². The van der Waals surface area contributed by atoms with E-state index in [4.69, 9.17) is 15.0 Å². The molecule has 0 radical (unpaired) electrons. The Hall–Kier alpha value is -6.59. The maximum atomic E-state index is 12.2. The lowest BCUT2D eigenvalue weighted by Gasteiger charge is -2.21. The number of aromatic nitrogens is 4. The molecule has 5 heteroatoms. The van der Waals surface area contributed by atoms with E-state index in [1.54, 1.807) is 6.20 Å². The lowest BCUT2D eigenvalue weighted by atomic mass is 9.84. The molecule has 10 rings (SSSR count). The van der Waals surface area contributed by atoms with E-state index in [0.717, 1.165) is 71.6 Å². The van der Waals surface area contributed by atoms with Crippen molar-refractivity contribution in [2.75, 3.05) is 0 Å². The van der Waals surface area contributed by atoms with E-state index in [9.17, 15) is 5.11 Å². The van der Waals surface area contributed by atoms with Gasteiger partial charge in [-0.1, -0.05) is 93.6 Å². The molecule has 0 spiro atoms. The van der Waals surface area contributed by atoms with E-state index in [2.05, 4.69) is 134 Å². The molecule has 0 amide bonds. The van der Waals surface area contributed by atoms with E-state index in [-0.39, 0.29) is 11.2 Å². The first kappa shape index (κ1) is 30.3. The predicted molar refractivity (Wildman–Crippen MR) is 214 cm³/mol. The molecular formula is C47H34N4O. The second-order valence-electron chi connectivity index (χ2n) is 14.7. The van der Waals surface area contributed by atoms with Crippen LogP contribution in [0.4, 0.5) is 0 Å². The van der Waals surface area contributed by atoms with Crippen molar-refractivity contribution in [3.05, 3.63) is 151 Å². The Bertz CT molecular complexity index is 3010. The monoisotopic (exact) mass is 670 g/mol. The lowest BCUT2D eigenvalue weighted by Crippen LogP contribution is -2.11. The van der Waals surface area contributed by atoms with Crippen LogP contribution in [0, 0.1) is 0 Å². The fraction of sp³-hybridized carbons (Fsp3) is 0.0851. The largest absolute Gasteiger partial charge is 0.507 e. The number of phenols is 1. The van der Waals surface area contributed by atoms with Crippen molar-refractivity contribution in [3.63, 3.8) is 0 Å². The number of pyridine rings is 1. The van der Waals surface area contributed by atoms with Gasteiger partial charge in [0.25, 0.3) is 0 Å². The molecule has 52 heavy (non-hydrogen) atoms. The SMILES string of the molecule is CC(C)(C)c1cc(-c2cc(-c3ccccc3)ccn2)cc(-c2nccc(-c3cc4c5cc6ccccc6cc5n5c6ccccc6c(c3O)c45)n2)c1. The minimum atomic E-state index is -0.126. The third-order valence-corrected chi connectivity index (χ3v) is 10.5. The minimum Gasteiger partial charge on any atom is -0.507 e. The van der Waals surface area contributed by atoms with Crippen LogP contribution in [0.3, 0.4) is 0 Å². The Morgan fingerprint density at radius 2 is 1.27 bits per heavy atom. The zero-order chi connectivity index (χ0) is 35.1. The van der Waals surface area contributed by atoms with Crippen molar-refractivity contribution >= 4 is 48.9 Å². The van der Waals surface area contributed by atoms with E-state index in [1.165, 1.54) is 10.8 Å². The van der Waals surface area contributed by atoms with Crippen molar-refractivity contribution in [1.29, 1.82) is 0 Å². The second kappa shape index (κ2) is 11.2. The van der Waals surface area contributed by atoms with Crippen molar-refractivity contribution in [3.8, 4) is 50.8 Å². The van der Waals surface area contributed by atoms with Gasteiger partial charge in [0, 0.05) is 45.2 Å². The molecule has 4 heterocycles. The predicted octanol–water partition coefficient (Wildman–Crippen LogP) is 11.8. The molecule has 10 aromatic rings. The number of fused-ring (bicyclic) bond motifs is 7. The zero-order valence-electron chi connectivity index (χ0n) is 29.1. The fourth-order valence-electron chi connectivity index (χ4n) is 7.81. The number of phenolic OH excluding ortho intramolecular Hbond substituents is 1. The van der Waals surface area contributed by atoms with Crippen LogP contribution in [0.25, 0.3) is 93.9 Å². The van der Waals surface area contributed by atoms with Gasteiger partial charge in [0.05, 0.1) is 33.3 Å². The molecule has 1 N–H and O–H groups in total. The van der Waals surface area contributed by atoms with Crippen LogP contribution in [0.2, 0.25) is 0 Å². The second-order valence-corrected chi connectivity index (χ2v) is 14.7. The van der Waals surface area contributed by atoms with Crippen LogP contribution in [-0.4, -0.2) is 24.5 Å². The number of aromatic hydroxyl groups is 1. The van der Waals surface area contributed by atoms with Crippen molar-refractivity contribution in [2.45, 2.75) is 26.2 Å². The van der Waals surface area contributed by atoms with Crippen molar-refractivity contribution in [1.82, 2.24) is 19.4 Å². The molecule has 0 fully saturated rings. The lowest BCUT2D eigenvalue weighted by molar-refractivity contribution is 0.484. The van der Waals surface area contributed by atoms with Gasteiger partial charge in [-0.15, -0.1) is 0 Å². The summed E-state index contributed by atoms with van der Waals surface area (Å²) in [7, 11) is 0. The zero-order valence-corrected chi connectivity index (χ0v) is 29.1. The smallest absolute Gasteiger partial charge is 0.159 e. The summed E-state index contributed by atoms with van der Waals surface area (Å²) in [6.07, 6.45) is 3.67. The highest BCUT2D eigenvalue weighted by molar-refractivity contribution is 6.27. The average Bonchev–Trinajstić information content (AvgIpc) is 3.69. The molecule has 0 atom stereocenters. The molecular weight excluding hydrogens is 637 g/mol. The highest BCUT2D eigenvalue weighted by atomic mass is 16.3. The van der Waals surface area contributed by atoms with Crippen LogP contribution in [0.5, 0.6) is 5.75 Å². The number of nitrogens with zero attached hydrogens (tertiary/aromatic N) is 4. The van der Waals surface area contributed by atoms with Crippen LogP contribution in [0.15, 0.2) is 146 Å². The van der Waals surface area contributed by atoms with E-state index in [0.29, 0.717) is 17.1 Å². The topological polar surface area (TPSA) is 63.3 Å². The summed E-state index contributed by atoms with van der Waals surface area (Å²) >= 11 is 0. The van der Waals surface area contributed by atoms with Crippen LogP contribution < -0.4 is 0 Å². The Morgan fingerprint density at radius 1 is 0.538 bits per heavy atom. The normalized spacial score (nSPS) is 12.2. The van der Waals surface area contributed by atoms with Gasteiger partial charge in [-0.05, 0) is 93.5 Å². The molecule has 6 aromatic carbocycles. The summed E-state index contributed by atoms with van der Waals surface area (Å²) < 4.78 is 2.30. The Labute approximate surface area is 300 Å². The molecule has 0 aliphatic rings. The summed E-state index contributed by atoms with van der Waals surface area (Å²) in [5.41, 5.74) is 10.6. The summed E-state index contributed by atoms with van der Waals surface area (Å²) in [6.45, 7) is 6.65. The molecule has 0 unspecified atom stereocenters. The van der Waals surface area contributed by atoms with Gasteiger partial charge < -0.3 is 9.51 Å². The van der Waals surface area contributed by atoms with E-state index < -0.39 is 0 Å². The maximum Gasteiger partial charge on any atom is 0.159 e. The Morgan fingerprint density at radius 3 is 2.10 bits per heavy atom. The van der Waals surface area contributed by atoms with Crippen LogP contribution in [0.1, 0.15) is 26.3 Å². The first-order valence-electron chi connectivity index (χ1n) is 17.7. The van der Waals surface area contributed by atoms with Crippen molar-refractivity contribution < 1.29 is 5.11 Å². The highest BCUT2D eigenvalue weighted by Gasteiger charge is 2.24. The summed E-state index contributed by atoms with van der Waals surface area (Å²) in [5.74, 6) is 0.815. The summed E-state index contributed by atoms with van der Waals surface area (Å²) in [4.78, 5) is 14.8. The van der Waals surface area contributed by atoms with Gasteiger partial charge in [-0.25, -0.2) is 9.97 Å². The molecule has 4 aromatic heterocycles. The number of rotatable bonds is 4. The maximum absolute atomic E-state index is 12.2. The summed E-state index contributed by atoms with van der Waals surface area (Å²) in [5, 5.41) is 18.6.